The molecule has 82 valence electrons. The summed E-state index contributed by atoms with van der Waals surface area (Å²) < 4.78 is 0.956. The van der Waals surface area contributed by atoms with Crippen molar-refractivity contribution in [3.8, 4) is 11.4 Å². The number of nitrogens with zero attached hydrogens (tertiary/aromatic N) is 3. The third-order valence-electron chi connectivity index (χ3n) is 2.44. The number of hydrogen-bond donors (Lipinski definition) is 0. The first kappa shape index (κ1) is 10.4. The molecular formula is C13H8BrN3. The topological polar surface area (TPSA) is 38.7 Å². The predicted molar refractivity (Wildman–Crippen MR) is 70.5 cm³/mol. The first-order valence-corrected chi connectivity index (χ1v) is 5.96. The Balaban J connectivity index is 2.17. The maximum Gasteiger partial charge on any atom is 0.159 e. The van der Waals surface area contributed by atoms with Crippen LogP contribution in [0.3, 0.4) is 0 Å². The van der Waals surface area contributed by atoms with Crippen molar-refractivity contribution in [2.24, 2.45) is 0 Å². The molecule has 0 aliphatic carbocycles. The maximum absolute atomic E-state index is 4.49. The Bertz CT molecular complexity index is 668. The third kappa shape index (κ3) is 2.03. The van der Waals surface area contributed by atoms with E-state index in [0.717, 1.165) is 26.9 Å². The van der Waals surface area contributed by atoms with E-state index in [1.165, 1.54) is 0 Å². The maximum atomic E-state index is 4.49. The van der Waals surface area contributed by atoms with Gasteiger partial charge in [0.15, 0.2) is 5.65 Å². The molecule has 0 aromatic carbocycles. The Kier molecular flexibility index (Phi) is 2.57. The van der Waals surface area contributed by atoms with Gasteiger partial charge in [-0.1, -0.05) is 6.07 Å². The molecule has 0 bridgehead atoms. The van der Waals surface area contributed by atoms with Crippen LogP contribution < -0.4 is 0 Å². The van der Waals surface area contributed by atoms with Crippen molar-refractivity contribution in [1.82, 2.24) is 15.0 Å². The normalized spacial score (nSPS) is 10.6. The van der Waals surface area contributed by atoms with Crippen LogP contribution >= 0.6 is 15.9 Å². The number of fused-ring (bicyclic) bond motifs is 1. The van der Waals surface area contributed by atoms with E-state index in [4.69, 9.17) is 0 Å². The molecule has 4 heteroatoms. The molecule has 0 amide bonds. The van der Waals surface area contributed by atoms with Crippen molar-refractivity contribution < 1.29 is 0 Å². The average Bonchev–Trinajstić information content (AvgIpc) is 2.39. The summed E-state index contributed by atoms with van der Waals surface area (Å²) in [4.78, 5) is 13.0. The lowest BCUT2D eigenvalue weighted by molar-refractivity contribution is 1.24. The van der Waals surface area contributed by atoms with Gasteiger partial charge in [0.1, 0.15) is 0 Å². The zero-order valence-electron chi connectivity index (χ0n) is 8.84. The van der Waals surface area contributed by atoms with Crippen LogP contribution in [0.4, 0.5) is 0 Å². The number of aromatic nitrogens is 3. The quantitative estimate of drug-likeness (QED) is 0.687. The highest BCUT2D eigenvalue weighted by Crippen LogP contribution is 2.20. The highest BCUT2D eigenvalue weighted by molar-refractivity contribution is 9.10. The van der Waals surface area contributed by atoms with Gasteiger partial charge in [0.2, 0.25) is 0 Å². The molecule has 0 unspecified atom stereocenters. The Morgan fingerprint density at radius 2 is 1.88 bits per heavy atom. The van der Waals surface area contributed by atoms with Gasteiger partial charge in [-0.2, -0.15) is 0 Å². The highest BCUT2D eigenvalue weighted by atomic mass is 79.9. The zero-order chi connectivity index (χ0) is 11.7. The van der Waals surface area contributed by atoms with Crippen molar-refractivity contribution in [1.29, 1.82) is 0 Å². The number of rotatable bonds is 1. The molecule has 0 saturated carbocycles. The summed E-state index contributed by atoms with van der Waals surface area (Å²) in [6.45, 7) is 0. The molecule has 3 aromatic rings. The first-order valence-electron chi connectivity index (χ1n) is 5.17. The molecule has 3 heterocycles. The minimum atomic E-state index is 0.733. The van der Waals surface area contributed by atoms with E-state index in [1.807, 2.05) is 36.4 Å². The van der Waals surface area contributed by atoms with Gasteiger partial charge in [0.25, 0.3) is 0 Å². The van der Waals surface area contributed by atoms with Crippen LogP contribution in [0, 0.1) is 0 Å². The second-order valence-electron chi connectivity index (χ2n) is 3.61. The molecule has 3 rings (SSSR count). The van der Waals surface area contributed by atoms with Crippen LogP contribution in [0.5, 0.6) is 0 Å². The molecule has 3 nitrogen and oxygen atoms in total. The van der Waals surface area contributed by atoms with Crippen molar-refractivity contribution in [2.45, 2.75) is 0 Å². The smallest absolute Gasteiger partial charge is 0.159 e. The van der Waals surface area contributed by atoms with Crippen molar-refractivity contribution >= 4 is 27.0 Å². The van der Waals surface area contributed by atoms with Gasteiger partial charge >= 0.3 is 0 Å². The second kappa shape index (κ2) is 4.22. The van der Waals surface area contributed by atoms with Crippen LogP contribution in [0.2, 0.25) is 0 Å². The fourth-order valence-electron chi connectivity index (χ4n) is 1.64. The molecule has 0 radical (unpaired) electrons. The van der Waals surface area contributed by atoms with Gasteiger partial charge < -0.3 is 0 Å². The minimum absolute atomic E-state index is 0.733. The highest BCUT2D eigenvalue weighted by Gasteiger charge is 2.03. The van der Waals surface area contributed by atoms with Gasteiger partial charge in [-0.05, 0) is 46.3 Å². The number of pyridine rings is 3. The Morgan fingerprint density at radius 1 is 0.941 bits per heavy atom. The summed E-state index contributed by atoms with van der Waals surface area (Å²) in [5.74, 6) is 0. The lowest BCUT2D eigenvalue weighted by Crippen LogP contribution is -1.89. The van der Waals surface area contributed by atoms with Crippen LogP contribution in [-0.2, 0) is 0 Å². The molecular weight excluding hydrogens is 278 g/mol. The number of halogens is 1. The molecule has 0 fully saturated rings. The SMILES string of the molecule is Brc1cnc2nc(-c3ccccn3)ccc2c1. The van der Waals surface area contributed by atoms with E-state index >= 15 is 0 Å². The van der Waals surface area contributed by atoms with E-state index in [-0.39, 0.29) is 0 Å². The van der Waals surface area contributed by atoms with Crippen LogP contribution in [-0.4, -0.2) is 15.0 Å². The largest absolute Gasteiger partial charge is 0.255 e. The lowest BCUT2D eigenvalue weighted by atomic mass is 10.2. The molecule has 3 aromatic heterocycles. The Hall–Kier alpha value is -1.81. The van der Waals surface area contributed by atoms with E-state index in [9.17, 15) is 0 Å². The van der Waals surface area contributed by atoms with Gasteiger partial charge in [-0.25, -0.2) is 9.97 Å². The van der Waals surface area contributed by atoms with Gasteiger partial charge in [-0.15, -0.1) is 0 Å². The molecule has 0 spiro atoms. The van der Waals surface area contributed by atoms with Gasteiger partial charge in [0.05, 0.1) is 11.4 Å². The van der Waals surface area contributed by atoms with Crippen molar-refractivity contribution in [3.05, 3.63) is 53.3 Å². The zero-order valence-corrected chi connectivity index (χ0v) is 10.4. The fraction of sp³-hybridized carbons (Fsp3) is 0. The number of hydrogen-bond acceptors (Lipinski definition) is 3. The van der Waals surface area contributed by atoms with E-state index < -0.39 is 0 Å². The average molecular weight is 286 g/mol. The first-order chi connectivity index (χ1) is 8.33. The Morgan fingerprint density at radius 3 is 2.71 bits per heavy atom. The van der Waals surface area contributed by atoms with Crippen LogP contribution in [0.15, 0.2) is 53.3 Å². The van der Waals surface area contributed by atoms with E-state index in [0.29, 0.717) is 0 Å². The van der Waals surface area contributed by atoms with Crippen LogP contribution in [0.1, 0.15) is 0 Å². The van der Waals surface area contributed by atoms with E-state index in [1.54, 1.807) is 12.4 Å². The second-order valence-corrected chi connectivity index (χ2v) is 4.53. The minimum Gasteiger partial charge on any atom is -0.255 e. The molecule has 0 aliphatic rings. The van der Waals surface area contributed by atoms with Crippen molar-refractivity contribution in [3.63, 3.8) is 0 Å². The summed E-state index contributed by atoms with van der Waals surface area (Å²) >= 11 is 3.39. The fourth-order valence-corrected chi connectivity index (χ4v) is 1.99. The van der Waals surface area contributed by atoms with E-state index in [2.05, 4.69) is 30.9 Å². The predicted octanol–water partition coefficient (Wildman–Crippen LogP) is 3.45. The van der Waals surface area contributed by atoms with Gasteiger partial charge in [0, 0.05) is 22.3 Å². The van der Waals surface area contributed by atoms with Crippen LogP contribution in [0.25, 0.3) is 22.4 Å². The summed E-state index contributed by atoms with van der Waals surface area (Å²) in [6, 6.07) is 11.7. The summed E-state index contributed by atoms with van der Waals surface area (Å²) in [5, 5.41) is 1.01. The summed E-state index contributed by atoms with van der Waals surface area (Å²) in [5.41, 5.74) is 2.43. The Labute approximate surface area is 107 Å². The molecule has 17 heavy (non-hydrogen) atoms. The van der Waals surface area contributed by atoms with Crippen molar-refractivity contribution in [2.75, 3.05) is 0 Å². The lowest BCUT2D eigenvalue weighted by Gasteiger charge is -2.01. The molecule has 0 N–H and O–H groups in total. The standard InChI is InChI=1S/C13H8BrN3/c14-10-7-9-4-5-12(17-13(9)16-8-10)11-3-1-2-6-15-11/h1-8H. The summed E-state index contributed by atoms with van der Waals surface area (Å²) in [7, 11) is 0. The monoisotopic (exact) mass is 285 g/mol. The molecule has 0 aliphatic heterocycles. The van der Waals surface area contributed by atoms with Gasteiger partial charge in [-0.3, -0.25) is 4.98 Å². The third-order valence-corrected chi connectivity index (χ3v) is 2.87. The molecule has 0 atom stereocenters. The summed E-state index contributed by atoms with van der Waals surface area (Å²) in [6.07, 6.45) is 3.51. The molecule has 0 saturated heterocycles.